The summed E-state index contributed by atoms with van der Waals surface area (Å²) in [5.74, 6) is -0.406. The molecule has 0 aromatic carbocycles. The first-order valence-corrected chi connectivity index (χ1v) is 4.41. The molecule has 4 heteroatoms. The predicted molar refractivity (Wildman–Crippen MR) is 50.5 cm³/mol. The zero-order valence-corrected chi connectivity index (χ0v) is 8.03. The van der Waals surface area contributed by atoms with Gasteiger partial charge >= 0.3 is 0 Å². The van der Waals surface area contributed by atoms with Crippen LogP contribution in [0.15, 0.2) is 18.5 Å². The predicted octanol–water partition coefficient (Wildman–Crippen LogP) is 1.84. The maximum Gasteiger partial charge on any atom is 0.173 e. The number of hydrogen-bond donors (Lipinski definition) is 1. The van der Waals surface area contributed by atoms with Crippen LogP contribution in [0.25, 0.3) is 5.65 Å². The molecule has 0 aliphatic heterocycles. The van der Waals surface area contributed by atoms with Crippen molar-refractivity contribution < 1.29 is 9.50 Å². The van der Waals surface area contributed by atoms with E-state index in [2.05, 4.69) is 4.98 Å². The summed E-state index contributed by atoms with van der Waals surface area (Å²) >= 11 is 0. The fraction of sp³-hybridized carbons (Fsp3) is 0.300. The van der Waals surface area contributed by atoms with Gasteiger partial charge < -0.3 is 9.51 Å². The second kappa shape index (κ2) is 3.06. The molecular weight excluding hydrogens is 183 g/mol. The third kappa shape index (κ3) is 1.37. The highest BCUT2D eigenvalue weighted by Gasteiger charge is 2.09. The lowest BCUT2D eigenvalue weighted by molar-refractivity contribution is 0.198. The standard InChI is InChI=1S/C10H11FN2O/c1-6-4-13-5-8(7(2)14)3-9(11)10(13)12-6/h3-5,7,14H,1-2H3. The van der Waals surface area contributed by atoms with Crippen LogP contribution in [0.4, 0.5) is 4.39 Å². The molecule has 0 saturated carbocycles. The van der Waals surface area contributed by atoms with Crippen LogP contribution in [-0.4, -0.2) is 14.5 Å². The van der Waals surface area contributed by atoms with Crippen molar-refractivity contribution in [2.75, 3.05) is 0 Å². The number of aryl methyl sites for hydroxylation is 1. The third-order valence-corrected chi connectivity index (χ3v) is 2.13. The number of rotatable bonds is 1. The number of hydrogen-bond acceptors (Lipinski definition) is 2. The van der Waals surface area contributed by atoms with Crippen molar-refractivity contribution in [2.45, 2.75) is 20.0 Å². The summed E-state index contributed by atoms with van der Waals surface area (Å²) < 4.78 is 15.0. The van der Waals surface area contributed by atoms with Gasteiger partial charge in [0.2, 0.25) is 0 Å². The second-order valence-corrected chi connectivity index (χ2v) is 3.41. The molecule has 2 rings (SSSR count). The first kappa shape index (κ1) is 9.15. The van der Waals surface area contributed by atoms with Gasteiger partial charge in [0.1, 0.15) is 0 Å². The topological polar surface area (TPSA) is 37.5 Å². The number of halogens is 1. The Morgan fingerprint density at radius 1 is 1.50 bits per heavy atom. The van der Waals surface area contributed by atoms with Crippen molar-refractivity contribution in [2.24, 2.45) is 0 Å². The third-order valence-electron chi connectivity index (χ3n) is 2.13. The maximum atomic E-state index is 13.4. The number of nitrogens with zero attached hydrogens (tertiary/aromatic N) is 2. The van der Waals surface area contributed by atoms with Gasteiger partial charge in [-0.15, -0.1) is 0 Å². The van der Waals surface area contributed by atoms with Gasteiger partial charge in [0.25, 0.3) is 0 Å². The zero-order chi connectivity index (χ0) is 10.3. The molecular formula is C10H11FN2O. The van der Waals surface area contributed by atoms with E-state index in [4.69, 9.17) is 0 Å². The van der Waals surface area contributed by atoms with Crippen molar-refractivity contribution in [3.8, 4) is 0 Å². The molecule has 1 N–H and O–H groups in total. The Labute approximate surface area is 80.8 Å². The monoisotopic (exact) mass is 194 g/mol. The molecule has 0 saturated heterocycles. The van der Waals surface area contributed by atoms with Crippen LogP contribution >= 0.6 is 0 Å². The van der Waals surface area contributed by atoms with Gasteiger partial charge in [-0.25, -0.2) is 9.37 Å². The maximum absolute atomic E-state index is 13.4. The van der Waals surface area contributed by atoms with Gasteiger partial charge in [-0.1, -0.05) is 0 Å². The van der Waals surface area contributed by atoms with E-state index in [1.54, 1.807) is 30.6 Å². The van der Waals surface area contributed by atoms with Gasteiger partial charge in [-0.05, 0) is 25.5 Å². The van der Waals surface area contributed by atoms with Crippen LogP contribution in [-0.2, 0) is 0 Å². The summed E-state index contributed by atoms with van der Waals surface area (Å²) in [4.78, 5) is 4.02. The van der Waals surface area contributed by atoms with Gasteiger partial charge in [0.05, 0.1) is 11.8 Å². The molecule has 0 amide bonds. The molecule has 1 atom stereocenters. The minimum atomic E-state index is -0.670. The van der Waals surface area contributed by atoms with E-state index < -0.39 is 11.9 Å². The fourth-order valence-electron chi connectivity index (χ4n) is 1.43. The first-order chi connectivity index (χ1) is 6.58. The number of aromatic nitrogens is 2. The molecule has 3 nitrogen and oxygen atoms in total. The van der Waals surface area contributed by atoms with Crippen LogP contribution < -0.4 is 0 Å². The number of aliphatic hydroxyl groups excluding tert-OH is 1. The Morgan fingerprint density at radius 2 is 2.21 bits per heavy atom. The minimum absolute atomic E-state index is 0.298. The fourth-order valence-corrected chi connectivity index (χ4v) is 1.43. The van der Waals surface area contributed by atoms with E-state index in [0.29, 0.717) is 11.2 Å². The largest absolute Gasteiger partial charge is 0.389 e. The molecule has 0 aliphatic carbocycles. The molecule has 2 heterocycles. The Hall–Kier alpha value is -1.42. The van der Waals surface area contributed by atoms with Crippen molar-refractivity contribution in [1.82, 2.24) is 9.38 Å². The van der Waals surface area contributed by atoms with Crippen LogP contribution in [0.2, 0.25) is 0 Å². The molecule has 14 heavy (non-hydrogen) atoms. The summed E-state index contributed by atoms with van der Waals surface area (Å²) in [6, 6.07) is 1.31. The first-order valence-electron chi connectivity index (χ1n) is 4.41. The zero-order valence-electron chi connectivity index (χ0n) is 8.03. The van der Waals surface area contributed by atoms with E-state index in [-0.39, 0.29) is 0 Å². The van der Waals surface area contributed by atoms with Crippen molar-refractivity contribution >= 4 is 5.65 Å². The minimum Gasteiger partial charge on any atom is -0.389 e. The van der Waals surface area contributed by atoms with Gasteiger partial charge in [0.15, 0.2) is 11.5 Å². The van der Waals surface area contributed by atoms with Crippen LogP contribution in [0.3, 0.4) is 0 Å². The lowest BCUT2D eigenvalue weighted by Crippen LogP contribution is -1.97. The molecule has 0 fully saturated rings. The Balaban J connectivity index is 2.71. The Kier molecular flexibility index (Phi) is 2.00. The lowest BCUT2D eigenvalue weighted by atomic mass is 10.2. The highest BCUT2D eigenvalue weighted by Crippen LogP contribution is 2.17. The smallest absolute Gasteiger partial charge is 0.173 e. The number of fused-ring (bicyclic) bond motifs is 1. The van der Waals surface area contributed by atoms with Crippen molar-refractivity contribution in [3.63, 3.8) is 0 Å². The summed E-state index contributed by atoms with van der Waals surface area (Å²) in [6.07, 6.45) is 2.74. The summed E-state index contributed by atoms with van der Waals surface area (Å²) in [5, 5.41) is 9.31. The van der Waals surface area contributed by atoms with Gasteiger partial charge in [-0.3, -0.25) is 0 Å². The highest BCUT2D eigenvalue weighted by atomic mass is 19.1. The number of aliphatic hydroxyl groups is 1. The van der Waals surface area contributed by atoms with E-state index in [9.17, 15) is 9.50 Å². The number of pyridine rings is 1. The van der Waals surface area contributed by atoms with E-state index >= 15 is 0 Å². The van der Waals surface area contributed by atoms with Crippen LogP contribution in [0, 0.1) is 12.7 Å². The molecule has 0 aliphatic rings. The van der Waals surface area contributed by atoms with Crippen LogP contribution in [0.1, 0.15) is 24.3 Å². The van der Waals surface area contributed by atoms with E-state index in [0.717, 1.165) is 5.69 Å². The lowest BCUT2D eigenvalue weighted by Gasteiger charge is -2.05. The second-order valence-electron chi connectivity index (χ2n) is 3.41. The van der Waals surface area contributed by atoms with Crippen molar-refractivity contribution in [3.05, 3.63) is 35.5 Å². The summed E-state index contributed by atoms with van der Waals surface area (Å²) in [6.45, 7) is 3.40. The normalized spacial score (nSPS) is 13.4. The Bertz CT molecular complexity index is 476. The molecule has 2 aromatic heterocycles. The molecule has 2 aromatic rings. The number of imidazole rings is 1. The van der Waals surface area contributed by atoms with Crippen molar-refractivity contribution in [1.29, 1.82) is 0 Å². The molecule has 0 bridgehead atoms. The molecule has 0 radical (unpaired) electrons. The average Bonchev–Trinajstić information content (AvgIpc) is 2.45. The van der Waals surface area contributed by atoms with Gasteiger partial charge in [-0.2, -0.15) is 0 Å². The van der Waals surface area contributed by atoms with E-state index in [1.807, 2.05) is 0 Å². The molecule has 1 unspecified atom stereocenters. The summed E-state index contributed by atoms with van der Waals surface area (Å²) in [5.41, 5.74) is 1.60. The SMILES string of the molecule is Cc1cn2cc(C(C)O)cc(F)c2n1. The summed E-state index contributed by atoms with van der Waals surface area (Å²) in [7, 11) is 0. The molecule has 0 spiro atoms. The highest BCUT2D eigenvalue weighted by molar-refractivity contribution is 5.43. The molecule has 74 valence electrons. The Morgan fingerprint density at radius 3 is 2.86 bits per heavy atom. The van der Waals surface area contributed by atoms with Crippen LogP contribution in [0.5, 0.6) is 0 Å². The van der Waals surface area contributed by atoms with Gasteiger partial charge in [0, 0.05) is 12.4 Å². The quantitative estimate of drug-likeness (QED) is 0.752. The average molecular weight is 194 g/mol. The van der Waals surface area contributed by atoms with E-state index in [1.165, 1.54) is 6.07 Å².